The molecule has 3 rings (SSSR count). The zero-order valence-electron chi connectivity index (χ0n) is 11.9. The minimum Gasteiger partial charge on any atom is -0.478 e. The highest BCUT2D eigenvalue weighted by molar-refractivity contribution is 6.37. The first-order valence-corrected chi connectivity index (χ1v) is 7.04. The number of hydrogen-bond donors (Lipinski definition) is 2. The number of nitrogens with zero attached hydrogens (tertiary/aromatic N) is 2. The SMILES string of the molecule is O=C(O)/C(=C(\C(=O)O)c1ccc2nonc2c1)c1ccc(Cl)cc1. The van der Waals surface area contributed by atoms with Crippen LogP contribution in [0.15, 0.2) is 47.1 Å². The van der Waals surface area contributed by atoms with Crippen LogP contribution in [0.3, 0.4) is 0 Å². The molecule has 0 aliphatic carbocycles. The van der Waals surface area contributed by atoms with Crippen molar-refractivity contribution in [1.82, 2.24) is 10.3 Å². The molecule has 0 atom stereocenters. The molecule has 7 nitrogen and oxygen atoms in total. The smallest absolute Gasteiger partial charge is 0.337 e. The molecular formula is C16H9ClN2O5. The van der Waals surface area contributed by atoms with Gasteiger partial charge in [0.15, 0.2) is 0 Å². The van der Waals surface area contributed by atoms with E-state index in [1.807, 2.05) is 0 Å². The summed E-state index contributed by atoms with van der Waals surface area (Å²) in [5, 5.41) is 26.8. The van der Waals surface area contributed by atoms with E-state index in [1.54, 1.807) is 0 Å². The zero-order valence-corrected chi connectivity index (χ0v) is 12.7. The number of benzene rings is 2. The average Bonchev–Trinajstić information content (AvgIpc) is 3.00. The van der Waals surface area contributed by atoms with Crippen LogP contribution >= 0.6 is 11.6 Å². The van der Waals surface area contributed by atoms with Gasteiger partial charge in [0, 0.05) is 5.02 Å². The molecule has 1 aromatic heterocycles. The van der Waals surface area contributed by atoms with Crippen LogP contribution in [0.1, 0.15) is 11.1 Å². The Morgan fingerprint density at radius 2 is 1.38 bits per heavy atom. The lowest BCUT2D eigenvalue weighted by atomic mass is 9.94. The average molecular weight is 345 g/mol. The number of fused-ring (bicyclic) bond motifs is 1. The minimum atomic E-state index is -1.38. The van der Waals surface area contributed by atoms with E-state index in [9.17, 15) is 19.8 Å². The fourth-order valence-electron chi connectivity index (χ4n) is 2.30. The molecule has 0 unspecified atom stereocenters. The van der Waals surface area contributed by atoms with Gasteiger partial charge in [0.05, 0.1) is 11.1 Å². The molecule has 2 N–H and O–H groups in total. The summed E-state index contributed by atoms with van der Waals surface area (Å²) in [7, 11) is 0. The third-order valence-electron chi connectivity index (χ3n) is 3.35. The Morgan fingerprint density at radius 3 is 2.00 bits per heavy atom. The van der Waals surface area contributed by atoms with Crippen molar-refractivity contribution in [2.45, 2.75) is 0 Å². The minimum absolute atomic E-state index is 0.179. The van der Waals surface area contributed by atoms with Crippen LogP contribution < -0.4 is 0 Å². The lowest BCUT2D eigenvalue weighted by Crippen LogP contribution is -2.10. The number of aromatic nitrogens is 2. The van der Waals surface area contributed by atoms with E-state index >= 15 is 0 Å². The van der Waals surface area contributed by atoms with Crippen LogP contribution in [0, 0.1) is 0 Å². The maximum atomic E-state index is 11.8. The van der Waals surface area contributed by atoms with E-state index in [0.29, 0.717) is 16.1 Å². The van der Waals surface area contributed by atoms with Crippen molar-refractivity contribution >= 4 is 45.7 Å². The van der Waals surface area contributed by atoms with Gasteiger partial charge in [-0.1, -0.05) is 29.8 Å². The van der Waals surface area contributed by atoms with Gasteiger partial charge >= 0.3 is 11.9 Å². The van der Waals surface area contributed by atoms with Crippen LogP contribution in [0.4, 0.5) is 0 Å². The molecule has 120 valence electrons. The Hall–Kier alpha value is -3.19. The van der Waals surface area contributed by atoms with Gasteiger partial charge in [-0.25, -0.2) is 14.2 Å². The van der Waals surface area contributed by atoms with Crippen LogP contribution in [0.25, 0.3) is 22.2 Å². The summed E-state index contributed by atoms with van der Waals surface area (Å²) >= 11 is 5.80. The molecule has 8 heteroatoms. The largest absolute Gasteiger partial charge is 0.478 e. The normalized spacial score (nSPS) is 12.0. The van der Waals surface area contributed by atoms with Gasteiger partial charge in [-0.3, -0.25) is 0 Å². The third kappa shape index (κ3) is 2.84. The van der Waals surface area contributed by atoms with Crippen molar-refractivity contribution in [1.29, 1.82) is 0 Å². The van der Waals surface area contributed by atoms with Gasteiger partial charge in [0.1, 0.15) is 11.0 Å². The summed E-state index contributed by atoms with van der Waals surface area (Å²) in [6, 6.07) is 10.2. The first kappa shape index (κ1) is 15.7. The maximum absolute atomic E-state index is 11.8. The predicted octanol–water partition coefficient (Wildman–Crippen LogP) is 2.96. The number of carboxylic acids is 2. The Bertz CT molecular complexity index is 976. The Balaban J connectivity index is 2.28. The monoisotopic (exact) mass is 344 g/mol. The summed E-state index contributed by atoms with van der Waals surface area (Å²) in [6.07, 6.45) is 0. The predicted molar refractivity (Wildman–Crippen MR) is 85.3 cm³/mol. The Morgan fingerprint density at radius 1 is 0.833 bits per heavy atom. The molecule has 0 amide bonds. The van der Waals surface area contributed by atoms with Crippen LogP contribution in [0.5, 0.6) is 0 Å². The van der Waals surface area contributed by atoms with Crippen molar-refractivity contribution in [3.8, 4) is 0 Å². The fourth-order valence-corrected chi connectivity index (χ4v) is 2.43. The van der Waals surface area contributed by atoms with Gasteiger partial charge < -0.3 is 10.2 Å². The molecule has 0 bridgehead atoms. The van der Waals surface area contributed by atoms with E-state index in [4.69, 9.17) is 11.6 Å². The standard InChI is InChI=1S/C16H9ClN2O5/c17-10-4-1-8(2-5-10)13(15(20)21)14(16(22)23)9-3-6-11-12(7-9)19-24-18-11/h1-7H,(H,20,21)(H,22,23)/b14-13-. The lowest BCUT2D eigenvalue weighted by molar-refractivity contribution is -0.132. The van der Waals surface area contributed by atoms with Crippen LogP contribution in [0.2, 0.25) is 5.02 Å². The topological polar surface area (TPSA) is 114 Å². The molecule has 0 spiro atoms. The number of hydrogen-bond acceptors (Lipinski definition) is 5. The molecule has 1 heterocycles. The lowest BCUT2D eigenvalue weighted by Gasteiger charge is -2.10. The zero-order chi connectivity index (χ0) is 17.3. The highest BCUT2D eigenvalue weighted by Crippen LogP contribution is 2.29. The summed E-state index contributed by atoms with van der Waals surface area (Å²) in [4.78, 5) is 23.5. The van der Waals surface area contributed by atoms with E-state index in [2.05, 4.69) is 14.9 Å². The first-order chi connectivity index (χ1) is 11.5. The van der Waals surface area contributed by atoms with Crippen LogP contribution in [-0.2, 0) is 9.59 Å². The van der Waals surface area contributed by atoms with E-state index in [-0.39, 0.29) is 22.3 Å². The van der Waals surface area contributed by atoms with Crippen molar-refractivity contribution in [3.63, 3.8) is 0 Å². The summed E-state index contributed by atoms with van der Waals surface area (Å²) < 4.78 is 4.57. The van der Waals surface area contributed by atoms with Crippen molar-refractivity contribution in [2.24, 2.45) is 0 Å². The number of rotatable bonds is 4. The van der Waals surface area contributed by atoms with Gasteiger partial charge in [0.2, 0.25) is 0 Å². The molecule has 3 aromatic rings. The highest BCUT2D eigenvalue weighted by atomic mass is 35.5. The molecule has 0 saturated carbocycles. The Labute approximate surface area is 139 Å². The second kappa shape index (κ2) is 6.13. The van der Waals surface area contributed by atoms with E-state index in [0.717, 1.165) is 0 Å². The van der Waals surface area contributed by atoms with Gasteiger partial charge in [0.25, 0.3) is 0 Å². The quantitative estimate of drug-likeness (QED) is 0.552. The number of aliphatic carboxylic acids is 2. The summed E-state index contributed by atoms with van der Waals surface area (Å²) in [5.41, 5.74) is 0.448. The molecule has 0 aliphatic heterocycles. The van der Waals surface area contributed by atoms with Gasteiger partial charge in [-0.2, -0.15) is 0 Å². The van der Waals surface area contributed by atoms with E-state index < -0.39 is 11.9 Å². The molecule has 0 radical (unpaired) electrons. The molecule has 2 aromatic carbocycles. The molecule has 0 fully saturated rings. The number of carboxylic acid groups (broad SMARTS) is 2. The third-order valence-corrected chi connectivity index (χ3v) is 3.61. The van der Waals surface area contributed by atoms with E-state index in [1.165, 1.54) is 42.5 Å². The Kier molecular flexibility index (Phi) is 4.01. The number of halogens is 1. The van der Waals surface area contributed by atoms with Crippen molar-refractivity contribution < 1.29 is 24.4 Å². The first-order valence-electron chi connectivity index (χ1n) is 6.67. The second-order valence-corrected chi connectivity index (χ2v) is 5.27. The molecule has 0 saturated heterocycles. The molecular weight excluding hydrogens is 336 g/mol. The van der Waals surface area contributed by atoms with Gasteiger partial charge in [-0.15, -0.1) is 0 Å². The number of carbonyl (C=O) groups is 2. The highest BCUT2D eigenvalue weighted by Gasteiger charge is 2.24. The van der Waals surface area contributed by atoms with Crippen molar-refractivity contribution in [2.75, 3.05) is 0 Å². The molecule has 24 heavy (non-hydrogen) atoms. The van der Waals surface area contributed by atoms with Gasteiger partial charge in [-0.05, 0) is 45.7 Å². The maximum Gasteiger partial charge on any atom is 0.337 e. The fraction of sp³-hybridized carbons (Fsp3) is 0. The molecule has 0 aliphatic rings. The van der Waals surface area contributed by atoms with Crippen LogP contribution in [-0.4, -0.2) is 32.5 Å². The summed E-state index contributed by atoms with van der Waals surface area (Å²) in [5.74, 6) is -2.74. The second-order valence-electron chi connectivity index (χ2n) is 4.83. The van der Waals surface area contributed by atoms with Crippen molar-refractivity contribution in [3.05, 3.63) is 58.6 Å². The summed E-state index contributed by atoms with van der Waals surface area (Å²) in [6.45, 7) is 0.